The van der Waals surface area contributed by atoms with Crippen molar-refractivity contribution in [2.24, 2.45) is 0 Å². The fourth-order valence-electron chi connectivity index (χ4n) is 2.36. The number of nitrogen functional groups attached to an aromatic ring is 1. The third kappa shape index (κ3) is 3.09. The van der Waals surface area contributed by atoms with E-state index < -0.39 is 0 Å². The van der Waals surface area contributed by atoms with Gasteiger partial charge in [-0.1, -0.05) is 13.3 Å². The molecule has 1 aliphatic heterocycles. The second kappa shape index (κ2) is 6.47. The zero-order valence-electron chi connectivity index (χ0n) is 12.4. The van der Waals surface area contributed by atoms with Crippen molar-refractivity contribution < 1.29 is 14.3 Å². The number of rotatable bonds is 3. The first-order chi connectivity index (χ1) is 10.1. The lowest BCUT2D eigenvalue weighted by molar-refractivity contribution is 0.0595. The molecule has 2 rings (SSSR count). The summed E-state index contributed by atoms with van der Waals surface area (Å²) in [6.07, 6.45) is 1.33. The number of amides is 2. The van der Waals surface area contributed by atoms with Crippen molar-refractivity contribution in [1.29, 1.82) is 0 Å². The maximum Gasteiger partial charge on any atom is 0.409 e. The molecule has 8 heteroatoms. The smallest absolute Gasteiger partial charge is 0.409 e. The van der Waals surface area contributed by atoms with Gasteiger partial charge in [-0.2, -0.15) is 5.10 Å². The maximum absolute atomic E-state index is 12.4. The summed E-state index contributed by atoms with van der Waals surface area (Å²) in [5.74, 6) is -0.199. The number of carbonyl (C=O) groups is 2. The van der Waals surface area contributed by atoms with E-state index in [0.717, 1.165) is 18.5 Å². The van der Waals surface area contributed by atoms with Crippen molar-refractivity contribution in [2.45, 2.75) is 19.8 Å². The van der Waals surface area contributed by atoms with Crippen LogP contribution >= 0.6 is 0 Å². The zero-order valence-corrected chi connectivity index (χ0v) is 12.4. The Morgan fingerprint density at radius 1 is 1.29 bits per heavy atom. The fraction of sp³-hybridized carbons (Fsp3) is 0.615. The van der Waals surface area contributed by atoms with Crippen molar-refractivity contribution in [3.8, 4) is 0 Å². The van der Waals surface area contributed by atoms with Crippen LogP contribution in [-0.2, 0) is 11.2 Å². The van der Waals surface area contributed by atoms with Gasteiger partial charge in [-0.05, 0) is 6.42 Å². The maximum atomic E-state index is 12.4. The van der Waals surface area contributed by atoms with Crippen molar-refractivity contribution in [3.63, 3.8) is 0 Å². The van der Waals surface area contributed by atoms with Crippen LogP contribution in [0.1, 0.15) is 29.5 Å². The Morgan fingerprint density at radius 3 is 2.48 bits per heavy atom. The fourth-order valence-corrected chi connectivity index (χ4v) is 2.36. The molecule has 2 amide bonds. The number of nitrogens with zero attached hydrogens (tertiary/aromatic N) is 3. The van der Waals surface area contributed by atoms with Gasteiger partial charge < -0.3 is 20.3 Å². The first-order valence-electron chi connectivity index (χ1n) is 7.03. The van der Waals surface area contributed by atoms with Gasteiger partial charge >= 0.3 is 6.09 Å². The molecule has 0 aliphatic carbocycles. The molecule has 2 heterocycles. The zero-order chi connectivity index (χ0) is 15.4. The molecular formula is C13H21N5O3. The van der Waals surface area contributed by atoms with Gasteiger partial charge in [-0.3, -0.25) is 9.89 Å². The number of piperazine rings is 1. The number of methoxy groups -OCH3 is 1. The van der Waals surface area contributed by atoms with E-state index in [1.165, 1.54) is 7.11 Å². The Morgan fingerprint density at radius 2 is 1.90 bits per heavy atom. The predicted octanol–water partition coefficient (Wildman–Crippen LogP) is 0.469. The van der Waals surface area contributed by atoms with E-state index in [2.05, 4.69) is 14.9 Å². The van der Waals surface area contributed by atoms with Crippen LogP contribution in [0.4, 0.5) is 10.5 Å². The molecule has 0 spiro atoms. The molecule has 1 fully saturated rings. The third-order valence-electron chi connectivity index (χ3n) is 3.59. The van der Waals surface area contributed by atoms with E-state index >= 15 is 0 Å². The SMILES string of the molecule is CCCc1[nH]nc(C(=O)N2CCN(C(=O)OC)CC2)c1N. The molecule has 3 N–H and O–H groups in total. The quantitative estimate of drug-likeness (QED) is 0.843. The second-order valence-corrected chi connectivity index (χ2v) is 4.96. The number of aryl methyl sites for hydroxylation is 1. The molecule has 0 saturated carbocycles. The van der Waals surface area contributed by atoms with Gasteiger partial charge in [0.1, 0.15) is 0 Å². The number of hydrogen-bond acceptors (Lipinski definition) is 5. The van der Waals surface area contributed by atoms with Crippen LogP contribution in [0.25, 0.3) is 0 Å². The van der Waals surface area contributed by atoms with Gasteiger partial charge in [-0.25, -0.2) is 4.79 Å². The third-order valence-corrected chi connectivity index (χ3v) is 3.59. The van der Waals surface area contributed by atoms with Crippen molar-refractivity contribution in [1.82, 2.24) is 20.0 Å². The topological polar surface area (TPSA) is 105 Å². The normalized spacial score (nSPS) is 15.1. The number of aromatic nitrogens is 2. The van der Waals surface area contributed by atoms with Crippen LogP contribution in [0.3, 0.4) is 0 Å². The molecule has 1 saturated heterocycles. The average molecular weight is 295 g/mol. The lowest BCUT2D eigenvalue weighted by Crippen LogP contribution is -2.50. The molecule has 0 unspecified atom stereocenters. The second-order valence-electron chi connectivity index (χ2n) is 4.96. The standard InChI is InChI=1S/C13H21N5O3/c1-3-4-9-10(14)11(16-15-9)12(19)17-5-7-18(8-6-17)13(20)21-2/h3-8,14H2,1-2H3,(H,15,16). The minimum absolute atomic E-state index is 0.199. The number of anilines is 1. The van der Waals surface area contributed by atoms with Crippen LogP contribution in [0.5, 0.6) is 0 Å². The Balaban J connectivity index is 2.00. The Kier molecular flexibility index (Phi) is 4.66. The average Bonchev–Trinajstić information content (AvgIpc) is 2.87. The highest BCUT2D eigenvalue weighted by molar-refractivity contribution is 5.97. The molecule has 1 aromatic rings. The largest absolute Gasteiger partial charge is 0.453 e. The summed E-state index contributed by atoms with van der Waals surface area (Å²) in [6.45, 7) is 3.83. The molecule has 0 radical (unpaired) electrons. The first-order valence-corrected chi connectivity index (χ1v) is 7.03. The van der Waals surface area contributed by atoms with E-state index in [0.29, 0.717) is 31.9 Å². The van der Waals surface area contributed by atoms with E-state index in [-0.39, 0.29) is 17.7 Å². The van der Waals surface area contributed by atoms with Gasteiger partial charge in [0.15, 0.2) is 5.69 Å². The number of nitrogens with two attached hydrogens (primary N) is 1. The van der Waals surface area contributed by atoms with Gasteiger partial charge in [0.2, 0.25) is 0 Å². The van der Waals surface area contributed by atoms with Gasteiger partial charge in [0.05, 0.1) is 18.5 Å². The summed E-state index contributed by atoms with van der Waals surface area (Å²) in [6, 6.07) is 0. The Bertz CT molecular complexity index is 520. The van der Waals surface area contributed by atoms with Crippen LogP contribution < -0.4 is 5.73 Å². The summed E-state index contributed by atoms with van der Waals surface area (Å²) >= 11 is 0. The number of ether oxygens (including phenoxy) is 1. The number of nitrogens with one attached hydrogen (secondary N) is 1. The molecule has 21 heavy (non-hydrogen) atoms. The Labute approximate surface area is 123 Å². The summed E-state index contributed by atoms with van der Waals surface area (Å²) in [4.78, 5) is 27.0. The van der Waals surface area contributed by atoms with E-state index in [1.807, 2.05) is 6.92 Å². The van der Waals surface area contributed by atoms with E-state index in [1.54, 1.807) is 9.80 Å². The molecule has 0 bridgehead atoms. The highest BCUT2D eigenvalue weighted by atomic mass is 16.5. The van der Waals surface area contributed by atoms with Gasteiger partial charge in [0.25, 0.3) is 5.91 Å². The van der Waals surface area contributed by atoms with Crippen LogP contribution in [0, 0.1) is 0 Å². The number of H-pyrrole nitrogens is 1. The lowest BCUT2D eigenvalue weighted by atomic mass is 10.2. The minimum Gasteiger partial charge on any atom is -0.453 e. The molecule has 116 valence electrons. The van der Waals surface area contributed by atoms with Crippen LogP contribution in [0.15, 0.2) is 0 Å². The van der Waals surface area contributed by atoms with E-state index in [4.69, 9.17) is 5.73 Å². The predicted molar refractivity (Wildman–Crippen MR) is 76.9 cm³/mol. The summed E-state index contributed by atoms with van der Waals surface area (Å²) in [5, 5.41) is 6.86. The lowest BCUT2D eigenvalue weighted by Gasteiger charge is -2.33. The summed E-state index contributed by atoms with van der Waals surface area (Å²) < 4.78 is 4.67. The monoisotopic (exact) mass is 295 g/mol. The number of carbonyl (C=O) groups excluding carboxylic acids is 2. The first kappa shape index (κ1) is 15.1. The molecule has 0 atom stereocenters. The summed E-state index contributed by atoms with van der Waals surface area (Å²) in [7, 11) is 1.35. The van der Waals surface area contributed by atoms with Gasteiger partial charge in [0, 0.05) is 26.2 Å². The highest BCUT2D eigenvalue weighted by Gasteiger charge is 2.28. The van der Waals surface area contributed by atoms with Crippen LogP contribution in [-0.4, -0.2) is 65.3 Å². The molecule has 1 aromatic heterocycles. The highest BCUT2D eigenvalue weighted by Crippen LogP contribution is 2.18. The molecular weight excluding hydrogens is 274 g/mol. The molecule has 1 aliphatic rings. The Hall–Kier alpha value is -2.25. The molecule has 0 aromatic carbocycles. The summed E-state index contributed by atoms with van der Waals surface area (Å²) in [5.41, 5.74) is 7.46. The number of aromatic amines is 1. The number of hydrogen-bond donors (Lipinski definition) is 2. The minimum atomic E-state index is -0.369. The van der Waals surface area contributed by atoms with Gasteiger partial charge in [-0.15, -0.1) is 0 Å². The van der Waals surface area contributed by atoms with Crippen molar-refractivity contribution >= 4 is 17.7 Å². The van der Waals surface area contributed by atoms with E-state index in [9.17, 15) is 9.59 Å². The van der Waals surface area contributed by atoms with Crippen molar-refractivity contribution in [3.05, 3.63) is 11.4 Å². The molecule has 8 nitrogen and oxygen atoms in total. The van der Waals surface area contributed by atoms with Crippen LogP contribution in [0.2, 0.25) is 0 Å². The van der Waals surface area contributed by atoms with Crippen molar-refractivity contribution in [2.75, 3.05) is 39.0 Å².